The monoisotopic (exact) mass is 244 g/mol. The zero-order valence-corrected chi connectivity index (χ0v) is 11.8. The summed E-state index contributed by atoms with van der Waals surface area (Å²) >= 11 is 0. The first-order valence-electron chi connectivity index (χ1n) is 7.16. The number of nitrogens with one attached hydrogen (secondary N) is 1. The zero-order valence-electron chi connectivity index (χ0n) is 11.8. The Bertz CT molecular complexity index is 444. The number of fused-ring (bicyclic) bond motifs is 1. The van der Waals surface area contributed by atoms with Crippen LogP contribution in [0, 0.1) is 6.92 Å². The first-order valence-corrected chi connectivity index (χ1v) is 7.16. The molecule has 1 saturated heterocycles. The molecule has 0 radical (unpaired) electrons. The second kappa shape index (κ2) is 4.27. The molecule has 0 bridgehead atoms. The molecule has 0 amide bonds. The van der Waals surface area contributed by atoms with E-state index >= 15 is 0 Å². The third-order valence-corrected chi connectivity index (χ3v) is 4.41. The van der Waals surface area contributed by atoms with Crippen molar-refractivity contribution in [3.8, 4) is 0 Å². The molecule has 1 aromatic carbocycles. The standard InChI is InChI=1S/C16H24N2/c1-12-6-7-14-15(9-12)18(11-16(14,2)3)10-13-5-4-8-17-13/h6-7,9,13,17H,4-5,8,10-11H2,1-3H3/t13-/m1/s1. The average molecular weight is 244 g/mol. The van der Waals surface area contributed by atoms with Crippen molar-refractivity contribution in [2.45, 2.75) is 45.1 Å². The van der Waals surface area contributed by atoms with Crippen LogP contribution in [0.3, 0.4) is 0 Å². The predicted molar refractivity (Wildman–Crippen MR) is 77.4 cm³/mol. The lowest BCUT2D eigenvalue weighted by Crippen LogP contribution is -2.38. The topological polar surface area (TPSA) is 15.3 Å². The van der Waals surface area contributed by atoms with Gasteiger partial charge in [-0.25, -0.2) is 0 Å². The average Bonchev–Trinajstić information content (AvgIpc) is 2.87. The summed E-state index contributed by atoms with van der Waals surface area (Å²) in [6, 6.07) is 7.62. The van der Waals surface area contributed by atoms with Crippen molar-refractivity contribution in [3.63, 3.8) is 0 Å². The Hall–Kier alpha value is -1.02. The molecule has 2 nitrogen and oxygen atoms in total. The third kappa shape index (κ3) is 2.03. The summed E-state index contributed by atoms with van der Waals surface area (Å²) in [5, 5.41) is 3.61. The van der Waals surface area contributed by atoms with Crippen LogP contribution in [0.4, 0.5) is 5.69 Å². The number of anilines is 1. The summed E-state index contributed by atoms with van der Waals surface area (Å²) in [4.78, 5) is 2.59. The molecule has 1 fully saturated rings. The summed E-state index contributed by atoms with van der Waals surface area (Å²) in [7, 11) is 0. The summed E-state index contributed by atoms with van der Waals surface area (Å²) in [5.74, 6) is 0. The number of nitrogens with zero attached hydrogens (tertiary/aromatic N) is 1. The Labute approximate surface area is 110 Å². The number of hydrogen-bond donors (Lipinski definition) is 1. The highest BCUT2D eigenvalue weighted by molar-refractivity contribution is 5.63. The van der Waals surface area contributed by atoms with Gasteiger partial charge in [-0.1, -0.05) is 26.0 Å². The molecule has 1 atom stereocenters. The van der Waals surface area contributed by atoms with E-state index in [1.807, 2.05) is 0 Å². The summed E-state index contributed by atoms with van der Waals surface area (Å²) < 4.78 is 0. The molecule has 2 heterocycles. The van der Waals surface area contributed by atoms with Gasteiger partial charge in [-0.15, -0.1) is 0 Å². The van der Waals surface area contributed by atoms with Crippen LogP contribution < -0.4 is 10.2 Å². The van der Waals surface area contributed by atoms with E-state index < -0.39 is 0 Å². The summed E-state index contributed by atoms with van der Waals surface area (Å²) in [5.41, 5.74) is 4.65. The van der Waals surface area contributed by atoms with E-state index in [-0.39, 0.29) is 0 Å². The molecule has 98 valence electrons. The second-order valence-electron chi connectivity index (χ2n) is 6.58. The Morgan fingerprint density at radius 3 is 2.94 bits per heavy atom. The number of benzene rings is 1. The Morgan fingerprint density at radius 1 is 1.39 bits per heavy atom. The Balaban J connectivity index is 1.87. The van der Waals surface area contributed by atoms with Gasteiger partial charge in [0, 0.05) is 30.2 Å². The van der Waals surface area contributed by atoms with E-state index in [1.165, 1.54) is 42.7 Å². The molecular formula is C16H24N2. The van der Waals surface area contributed by atoms with E-state index in [0.717, 1.165) is 6.54 Å². The van der Waals surface area contributed by atoms with Gasteiger partial charge in [0.05, 0.1) is 0 Å². The normalized spacial score (nSPS) is 25.5. The van der Waals surface area contributed by atoms with Crippen LogP contribution in [0.1, 0.15) is 37.8 Å². The van der Waals surface area contributed by atoms with Crippen molar-refractivity contribution in [3.05, 3.63) is 29.3 Å². The highest BCUT2D eigenvalue weighted by Crippen LogP contribution is 2.41. The van der Waals surface area contributed by atoms with Gasteiger partial charge >= 0.3 is 0 Å². The van der Waals surface area contributed by atoms with E-state index in [4.69, 9.17) is 0 Å². The fraction of sp³-hybridized carbons (Fsp3) is 0.625. The van der Waals surface area contributed by atoms with Gasteiger partial charge < -0.3 is 10.2 Å². The maximum atomic E-state index is 3.61. The van der Waals surface area contributed by atoms with E-state index in [2.05, 4.69) is 49.2 Å². The van der Waals surface area contributed by atoms with Gasteiger partial charge in [0.1, 0.15) is 0 Å². The van der Waals surface area contributed by atoms with E-state index in [9.17, 15) is 0 Å². The van der Waals surface area contributed by atoms with Crippen molar-refractivity contribution in [1.82, 2.24) is 5.32 Å². The molecule has 2 heteroatoms. The largest absolute Gasteiger partial charge is 0.369 e. The van der Waals surface area contributed by atoms with Gasteiger partial charge in [0.15, 0.2) is 0 Å². The Morgan fingerprint density at radius 2 is 2.22 bits per heavy atom. The van der Waals surface area contributed by atoms with Crippen molar-refractivity contribution in [1.29, 1.82) is 0 Å². The molecule has 1 N–H and O–H groups in total. The third-order valence-electron chi connectivity index (χ3n) is 4.41. The van der Waals surface area contributed by atoms with Crippen molar-refractivity contribution in [2.24, 2.45) is 0 Å². The highest BCUT2D eigenvalue weighted by atomic mass is 15.2. The van der Waals surface area contributed by atoms with Crippen LogP contribution in [-0.4, -0.2) is 25.7 Å². The second-order valence-corrected chi connectivity index (χ2v) is 6.58. The van der Waals surface area contributed by atoms with Crippen LogP contribution >= 0.6 is 0 Å². The first-order chi connectivity index (χ1) is 8.56. The SMILES string of the molecule is Cc1ccc2c(c1)N(C[C@H]1CCCN1)CC2(C)C. The summed E-state index contributed by atoms with van der Waals surface area (Å²) in [6.45, 7) is 10.4. The lowest BCUT2D eigenvalue weighted by Gasteiger charge is -2.25. The van der Waals surface area contributed by atoms with Crippen LogP contribution in [0.5, 0.6) is 0 Å². The van der Waals surface area contributed by atoms with Crippen LogP contribution in [-0.2, 0) is 5.41 Å². The van der Waals surface area contributed by atoms with E-state index in [0.29, 0.717) is 11.5 Å². The fourth-order valence-electron chi connectivity index (χ4n) is 3.46. The molecule has 0 spiro atoms. The highest BCUT2D eigenvalue weighted by Gasteiger charge is 2.35. The molecule has 0 aromatic heterocycles. The van der Waals surface area contributed by atoms with Crippen molar-refractivity contribution >= 4 is 5.69 Å². The molecular weight excluding hydrogens is 220 g/mol. The molecule has 2 aliphatic rings. The van der Waals surface area contributed by atoms with Gasteiger partial charge in [0.2, 0.25) is 0 Å². The minimum atomic E-state index is 0.293. The molecule has 0 saturated carbocycles. The van der Waals surface area contributed by atoms with E-state index in [1.54, 1.807) is 0 Å². The number of rotatable bonds is 2. The lowest BCUT2D eigenvalue weighted by molar-refractivity contribution is 0.520. The van der Waals surface area contributed by atoms with Gasteiger partial charge in [0.25, 0.3) is 0 Å². The fourth-order valence-corrected chi connectivity index (χ4v) is 3.46. The van der Waals surface area contributed by atoms with Crippen LogP contribution in [0.25, 0.3) is 0 Å². The molecule has 1 aromatic rings. The minimum absolute atomic E-state index is 0.293. The van der Waals surface area contributed by atoms with Gasteiger partial charge in [-0.3, -0.25) is 0 Å². The lowest BCUT2D eigenvalue weighted by atomic mass is 9.87. The summed E-state index contributed by atoms with van der Waals surface area (Å²) in [6.07, 6.45) is 2.67. The first kappa shape index (κ1) is 12.0. The molecule has 0 aliphatic carbocycles. The molecule has 18 heavy (non-hydrogen) atoms. The molecule has 3 rings (SSSR count). The Kier molecular flexibility index (Phi) is 2.86. The smallest absolute Gasteiger partial charge is 0.0408 e. The quantitative estimate of drug-likeness (QED) is 0.860. The number of hydrogen-bond acceptors (Lipinski definition) is 2. The van der Waals surface area contributed by atoms with Crippen molar-refractivity contribution < 1.29 is 0 Å². The predicted octanol–water partition coefficient (Wildman–Crippen LogP) is 2.84. The maximum absolute atomic E-state index is 3.61. The number of aryl methyl sites for hydroxylation is 1. The minimum Gasteiger partial charge on any atom is -0.369 e. The maximum Gasteiger partial charge on any atom is 0.0408 e. The molecule has 2 aliphatic heterocycles. The zero-order chi connectivity index (χ0) is 12.8. The molecule has 0 unspecified atom stereocenters. The van der Waals surface area contributed by atoms with Crippen molar-refractivity contribution in [2.75, 3.05) is 24.5 Å². The van der Waals surface area contributed by atoms with Gasteiger partial charge in [-0.2, -0.15) is 0 Å². The van der Waals surface area contributed by atoms with Gasteiger partial charge in [-0.05, 0) is 43.5 Å². The van der Waals surface area contributed by atoms with Crippen LogP contribution in [0.2, 0.25) is 0 Å². The van der Waals surface area contributed by atoms with Crippen LogP contribution in [0.15, 0.2) is 18.2 Å².